The normalized spacial score (nSPS) is 10.7. The van der Waals surface area contributed by atoms with Gasteiger partial charge in [-0.3, -0.25) is 4.90 Å². The van der Waals surface area contributed by atoms with Gasteiger partial charge in [-0.05, 0) is 30.7 Å². The lowest BCUT2D eigenvalue weighted by Gasteiger charge is -2.21. The molecular formula is C16H16N4O. The number of hydrogen-bond acceptors (Lipinski definition) is 3. The monoisotopic (exact) mass is 280 g/mol. The molecule has 0 N–H and O–H groups in total. The van der Waals surface area contributed by atoms with Crippen LogP contribution in [0, 0.1) is 0 Å². The lowest BCUT2D eigenvalue weighted by atomic mass is 10.3. The van der Waals surface area contributed by atoms with Crippen molar-refractivity contribution in [3.05, 3.63) is 54.6 Å². The molecule has 0 unspecified atom stereocenters. The molecule has 0 aliphatic heterocycles. The molecule has 0 atom stereocenters. The van der Waals surface area contributed by atoms with Gasteiger partial charge in [0.2, 0.25) is 0 Å². The van der Waals surface area contributed by atoms with Crippen LogP contribution in [0.5, 0.6) is 0 Å². The maximum Gasteiger partial charge on any atom is 0.351 e. The molecule has 0 bridgehead atoms. The maximum absolute atomic E-state index is 12.8. The summed E-state index contributed by atoms with van der Waals surface area (Å²) in [6.07, 6.45) is 0.868. The van der Waals surface area contributed by atoms with E-state index in [1.165, 1.54) is 4.68 Å². The Morgan fingerprint density at radius 1 is 1.10 bits per heavy atom. The number of para-hydroxylation sites is 2. The van der Waals surface area contributed by atoms with Crippen LogP contribution in [0.3, 0.4) is 0 Å². The molecule has 1 amide bonds. The highest BCUT2D eigenvalue weighted by Gasteiger charge is 2.19. The molecule has 0 saturated heterocycles. The van der Waals surface area contributed by atoms with Crippen molar-refractivity contribution in [3.63, 3.8) is 0 Å². The van der Waals surface area contributed by atoms with E-state index < -0.39 is 0 Å². The third kappa shape index (κ3) is 2.50. The van der Waals surface area contributed by atoms with Crippen molar-refractivity contribution in [1.82, 2.24) is 15.0 Å². The minimum atomic E-state index is -0.184. The molecule has 1 heterocycles. The third-order valence-corrected chi connectivity index (χ3v) is 3.28. The first kappa shape index (κ1) is 13.3. The van der Waals surface area contributed by atoms with Gasteiger partial charge >= 0.3 is 6.03 Å². The fourth-order valence-corrected chi connectivity index (χ4v) is 2.29. The van der Waals surface area contributed by atoms with Gasteiger partial charge in [0.05, 0.1) is 5.52 Å². The van der Waals surface area contributed by atoms with E-state index >= 15 is 0 Å². The van der Waals surface area contributed by atoms with Gasteiger partial charge in [0.15, 0.2) is 0 Å². The summed E-state index contributed by atoms with van der Waals surface area (Å²) in [5.41, 5.74) is 2.30. The zero-order chi connectivity index (χ0) is 14.7. The van der Waals surface area contributed by atoms with E-state index in [1.54, 1.807) is 4.90 Å². The summed E-state index contributed by atoms with van der Waals surface area (Å²) in [5, 5.41) is 8.04. The second-order valence-corrected chi connectivity index (χ2v) is 4.76. The Hall–Kier alpha value is -2.69. The first-order chi connectivity index (χ1) is 10.3. The number of carbonyl (C=O) groups is 1. The minimum absolute atomic E-state index is 0.184. The van der Waals surface area contributed by atoms with E-state index in [4.69, 9.17) is 0 Å². The average Bonchev–Trinajstić information content (AvgIpc) is 2.97. The first-order valence-electron chi connectivity index (χ1n) is 6.98. The maximum atomic E-state index is 12.8. The number of rotatable bonds is 3. The van der Waals surface area contributed by atoms with Gasteiger partial charge in [0.1, 0.15) is 5.52 Å². The molecule has 0 aliphatic carbocycles. The van der Waals surface area contributed by atoms with Gasteiger partial charge in [0, 0.05) is 12.2 Å². The van der Waals surface area contributed by atoms with E-state index in [0.717, 1.165) is 23.1 Å². The van der Waals surface area contributed by atoms with E-state index in [0.29, 0.717) is 6.54 Å². The number of hydrogen-bond donors (Lipinski definition) is 0. The van der Waals surface area contributed by atoms with Crippen LogP contribution in [0.25, 0.3) is 11.0 Å². The molecule has 0 saturated carbocycles. The number of aromatic nitrogens is 3. The summed E-state index contributed by atoms with van der Waals surface area (Å²) in [5.74, 6) is 0. The number of amides is 1. The van der Waals surface area contributed by atoms with Crippen molar-refractivity contribution in [1.29, 1.82) is 0 Å². The topological polar surface area (TPSA) is 51.0 Å². The van der Waals surface area contributed by atoms with Gasteiger partial charge in [-0.2, -0.15) is 4.68 Å². The van der Waals surface area contributed by atoms with Crippen molar-refractivity contribution >= 4 is 22.8 Å². The van der Waals surface area contributed by atoms with Gasteiger partial charge in [-0.15, -0.1) is 5.10 Å². The molecule has 2 aromatic carbocycles. The number of benzene rings is 2. The fourth-order valence-electron chi connectivity index (χ4n) is 2.29. The van der Waals surface area contributed by atoms with E-state index in [-0.39, 0.29) is 6.03 Å². The quantitative estimate of drug-likeness (QED) is 0.739. The van der Waals surface area contributed by atoms with Crippen molar-refractivity contribution in [2.75, 3.05) is 11.4 Å². The highest BCUT2D eigenvalue weighted by molar-refractivity contribution is 5.97. The van der Waals surface area contributed by atoms with Crippen LogP contribution >= 0.6 is 0 Å². The summed E-state index contributed by atoms with van der Waals surface area (Å²) in [7, 11) is 0. The van der Waals surface area contributed by atoms with Crippen LogP contribution in [0.2, 0.25) is 0 Å². The van der Waals surface area contributed by atoms with Gasteiger partial charge in [-0.1, -0.05) is 42.5 Å². The molecular weight excluding hydrogens is 264 g/mol. The molecule has 0 spiro atoms. The smallest absolute Gasteiger partial charge is 0.293 e. The van der Waals surface area contributed by atoms with E-state index in [1.807, 2.05) is 61.5 Å². The van der Waals surface area contributed by atoms with E-state index in [2.05, 4.69) is 10.3 Å². The molecule has 21 heavy (non-hydrogen) atoms. The largest absolute Gasteiger partial charge is 0.351 e. The van der Waals surface area contributed by atoms with Crippen molar-refractivity contribution in [2.45, 2.75) is 13.3 Å². The molecule has 3 rings (SSSR count). The molecule has 0 aliphatic rings. The lowest BCUT2D eigenvalue weighted by molar-refractivity contribution is 0.245. The SMILES string of the molecule is CCCN(C(=O)n1nnc2ccccc21)c1ccccc1. The standard InChI is InChI=1S/C16H16N4O/c1-2-12-19(13-8-4-3-5-9-13)16(21)20-15-11-7-6-10-14(15)17-18-20/h3-11H,2,12H2,1H3. The van der Waals surface area contributed by atoms with Gasteiger partial charge < -0.3 is 0 Å². The van der Waals surface area contributed by atoms with Crippen molar-refractivity contribution in [3.8, 4) is 0 Å². The predicted molar refractivity (Wildman–Crippen MR) is 82.4 cm³/mol. The summed E-state index contributed by atoms with van der Waals surface area (Å²) < 4.78 is 1.36. The first-order valence-corrected chi connectivity index (χ1v) is 6.98. The number of anilines is 1. The second kappa shape index (κ2) is 5.75. The Balaban J connectivity index is 2.02. The van der Waals surface area contributed by atoms with Crippen LogP contribution in [0.1, 0.15) is 13.3 Å². The van der Waals surface area contributed by atoms with Crippen molar-refractivity contribution in [2.24, 2.45) is 0 Å². The number of nitrogens with zero attached hydrogens (tertiary/aromatic N) is 4. The van der Waals surface area contributed by atoms with Crippen LogP contribution in [0.15, 0.2) is 54.6 Å². The van der Waals surface area contributed by atoms with Crippen LogP contribution < -0.4 is 4.90 Å². The van der Waals surface area contributed by atoms with Crippen LogP contribution in [-0.4, -0.2) is 27.6 Å². The Labute approximate surface area is 122 Å². The number of carbonyl (C=O) groups excluding carboxylic acids is 1. The Morgan fingerprint density at radius 2 is 1.81 bits per heavy atom. The predicted octanol–water partition coefficient (Wildman–Crippen LogP) is 3.32. The minimum Gasteiger partial charge on any atom is -0.293 e. The second-order valence-electron chi connectivity index (χ2n) is 4.76. The average molecular weight is 280 g/mol. The Morgan fingerprint density at radius 3 is 2.57 bits per heavy atom. The summed E-state index contributed by atoms with van der Waals surface area (Å²) in [6.45, 7) is 2.68. The van der Waals surface area contributed by atoms with Crippen LogP contribution in [-0.2, 0) is 0 Å². The van der Waals surface area contributed by atoms with Crippen molar-refractivity contribution < 1.29 is 4.79 Å². The van der Waals surface area contributed by atoms with Crippen LogP contribution in [0.4, 0.5) is 10.5 Å². The molecule has 5 heteroatoms. The number of fused-ring (bicyclic) bond motifs is 1. The zero-order valence-electron chi connectivity index (χ0n) is 11.8. The fraction of sp³-hybridized carbons (Fsp3) is 0.188. The third-order valence-electron chi connectivity index (χ3n) is 3.28. The summed E-state index contributed by atoms with van der Waals surface area (Å²) >= 11 is 0. The summed E-state index contributed by atoms with van der Waals surface area (Å²) in [6, 6.07) is 16.9. The molecule has 1 aromatic heterocycles. The summed E-state index contributed by atoms with van der Waals surface area (Å²) in [4.78, 5) is 14.5. The lowest BCUT2D eigenvalue weighted by Crippen LogP contribution is -2.36. The van der Waals surface area contributed by atoms with E-state index in [9.17, 15) is 4.79 Å². The molecule has 106 valence electrons. The molecule has 5 nitrogen and oxygen atoms in total. The highest BCUT2D eigenvalue weighted by atomic mass is 16.2. The highest BCUT2D eigenvalue weighted by Crippen LogP contribution is 2.17. The Bertz CT molecular complexity index is 751. The van der Waals surface area contributed by atoms with Gasteiger partial charge in [-0.25, -0.2) is 4.79 Å². The zero-order valence-corrected chi connectivity index (χ0v) is 11.8. The van der Waals surface area contributed by atoms with Gasteiger partial charge in [0.25, 0.3) is 0 Å². The molecule has 0 radical (unpaired) electrons. The molecule has 3 aromatic rings. The molecule has 0 fully saturated rings. The Kier molecular flexibility index (Phi) is 3.64.